The molecule has 0 aromatic heterocycles. The van der Waals surface area contributed by atoms with Crippen molar-refractivity contribution in [1.29, 1.82) is 0 Å². The Kier molecular flexibility index (Phi) is 7.41. The first-order valence-corrected chi connectivity index (χ1v) is 5.91. The van der Waals surface area contributed by atoms with Crippen LogP contribution >= 0.6 is 0 Å². The van der Waals surface area contributed by atoms with E-state index in [1.807, 2.05) is 0 Å². The Bertz CT molecular complexity index is 105. The summed E-state index contributed by atoms with van der Waals surface area (Å²) >= 11 is 0. The van der Waals surface area contributed by atoms with Gasteiger partial charge in [-0.25, -0.2) is 0 Å². The van der Waals surface area contributed by atoms with Crippen LogP contribution in [0.15, 0.2) is 0 Å². The smallest absolute Gasteiger partial charge is 0.0417 e. The quantitative estimate of drug-likeness (QED) is 0.502. The first-order valence-electron chi connectivity index (χ1n) is 5.91. The van der Waals surface area contributed by atoms with Gasteiger partial charge in [0, 0.05) is 0 Å². The van der Waals surface area contributed by atoms with E-state index in [-0.39, 0.29) is 0 Å². The molecule has 1 radical (unpaired) electrons. The standard InChI is InChI=1S/C13H27/c1-6-12(4)13(5)10-8-7-9-11(2)3/h11-13H,2,6-10H2,1,3-5H3. The maximum atomic E-state index is 4.01. The zero-order chi connectivity index (χ0) is 10.3. The minimum atomic E-state index is 0.638. The highest BCUT2D eigenvalue weighted by atomic mass is 14.1. The molecule has 3 unspecified atom stereocenters. The van der Waals surface area contributed by atoms with Crippen LogP contribution in [0.25, 0.3) is 0 Å². The van der Waals surface area contributed by atoms with Crippen molar-refractivity contribution < 1.29 is 0 Å². The van der Waals surface area contributed by atoms with Crippen LogP contribution in [0.2, 0.25) is 0 Å². The van der Waals surface area contributed by atoms with Gasteiger partial charge in [0.2, 0.25) is 0 Å². The molecule has 0 aliphatic rings. The van der Waals surface area contributed by atoms with Crippen LogP contribution in [0, 0.1) is 24.7 Å². The third-order valence-electron chi connectivity index (χ3n) is 3.22. The van der Waals surface area contributed by atoms with Crippen molar-refractivity contribution in [3.05, 3.63) is 6.92 Å². The molecule has 13 heavy (non-hydrogen) atoms. The normalized spacial score (nSPS) is 16.2. The zero-order valence-corrected chi connectivity index (χ0v) is 9.97. The van der Waals surface area contributed by atoms with Crippen LogP contribution in [0.5, 0.6) is 0 Å². The second kappa shape index (κ2) is 7.41. The molecule has 0 saturated carbocycles. The second-order valence-electron chi connectivity index (χ2n) is 4.75. The predicted molar refractivity (Wildman–Crippen MR) is 61.6 cm³/mol. The fourth-order valence-electron chi connectivity index (χ4n) is 1.65. The van der Waals surface area contributed by atoms with Gasteiger partial charge in [-0.05, 0) is 17.8 Å². The van der Waals surface area contributed by atoms with Crippen molar-refractivity contribution in [2.45, 2.75) is 59.8 Å². The summed E-state index contributed by atoms with van der Waals surface area (Å²) in [6.45, 7) is 13.3. The van der Waals surface area contributed by atoms with Gasteiger partial charge in [0.05, 0.1) is 0 Å². The van der Waals surface area contributed by atoms with Crippen molar-refractivity contribution in [2.75, 3.05) is 0 Å². The van der Waals surface area contributed by atoms with Crippen LogP contribution in [0.3, 0.4) is 0 Å². The largest absolute Gasteiger partial charge is 0.0651 e. The van der Waals surface area contributed by atoms with E-state index in [4.69, 9.17) is 0 Å². The van der Waals surface area contributed by atoms with E-state index >= 15 is 0 Å². The molecule has 0 heteroatoms. The summed E-state index contributed by atoms with van der Waals surface area (Å²) in [4.78, 5) is 0. The Morgan fingerprint density at radius 3 is 1.92 bits per heavy atom. The highest BCUT2D eigenvalue weighted by Gasteiger charge is 2.09. The van der Waals surface area contributed by atoms with Crippen LogP contribution in [0.4, 0.5) is 0 Å². The molecule has 3 atom stereocenters. The first-order chi connectivity index (χ1) is 6.07. The average molecular weight is 183 g/mol. The molecule has 0 saturated heterocycles. The van der Waals surface area contributed by atoms with Crippen molar-refractivity contribution in [2.24, 2.45) is 17.8 Å². The molecular weight excluding hydrogens is 156 g/mol. The SMILES string of the molecule is [CH2]C(C)CCCCC(C)C(C)CC. The third kappa shape index (κ3) is 7.10. The van der Waals surface area contributed by atoms with Gasteiger partial charge in [-0.2, -0.15) is 0 Å². The summed E-state index contributed by atoms with van der Waals surface area (Å²) in [6.07, 6.45) is 6.79. The van der Waals surface area contributed by atoms with Gasteiger partial charge >= 0.3 is 0 Å². The first kappa shape index (κ1) is 13.0. The Balaban J connectivity index is 3.31. The maximum absolute atomic E-state index is 4.01. The fraction of sp³-hybridized carbons (Fsp3) is 0.923. The molecule has 0 amide bonds. The predicted octanol–water partition coefficient (Wildman–Crippen LogP) is 4.70. The van der Waals surface area contributed by atoms with Gasteiger partial charge in [0.15, 0.2) is 0 Å². The maximum Gasteiger partial charge on any atom is -0.0417 e. The van der Waals surface area contributed by atoms with Gasteiger partial charge in [-0.15, -0.1) is 0 Å². The molecule has 0 aromatic rings. The van der Waals surface area contributed by atoms with E-state index < -0.39 is 0 Å². The minimum Gasteiger partial charge on any atom is -0.0651 e. The molecule has 0 aliphatic carbocycles. The Hall–Kier alpha value is 0. The number of hydrogen-bond donors (Lipinski definition) is 0. The van der Waals surface area contributed by atoms with E-state index in [0.717, 1.165) is 11.8 Å². The summed E-state index contributed by atoms with van der Waals surface area (Å²) in [7, 11) is 0. The Morgan fingerprint density at radius 2 is 1.46 bits per heavy atom. The van der Waals surface area contributed by atoms with E-state index in [1.54, 1.807) is 0 Å². The van der Waals surface area contributed by atoms with E-state index in [0.29, 0.717) is 5.92 Å². The number of unbranched alkanes of at least 4 members (excludes halogenated alkanes) is 1. The summed E-state index contributed by atoms with van der Waals surface area (Å²) in [5, 5.41) is 0. The zero-order valence-electron chi connectivity index (χ0n) is 9.97. The molecule has 0 spiro atoms. The van der Waals surface area contributed by atoms with Gasteiger partial charge < -0.3 is 0 Å². The third-order valence-corrected chi connectivity index (χ3v) is 3.22. The van der Waals surface area contributed by atoms with Crippen molar-refractivity contribution in [1.82, 2.24) is 0 Å². The average Bonchev–Trinajstić information content (AvgIpc) is 2.10. The number of rotatable bonds is 7. The molecule has 0 aliphatic heterocycles. The van der Waals surface area contributed by atoms with E-state index in [2.05, 4.69) is 34.6 Å². The molecule has 0 nitrogen and oxygen atoms in total. The lowest BCUT2D eigenvalue weighted by atomic mass is 9.88. The van der Waals surface area contributed by atoms with Gasteiger partial charge in [-0.3, -0.25) is 0 Å². The Morgan fingerprint density at radius 1 is 0.923 bits per heavy atom. The van der Waals surface area contributed by atoms with Crippen molar-refractivity contribution in [3.8, 4) is 0 Å². The lowest BCUT2D eigenvalue weighted by molar-refractivity contribution is 0.340. The fourth-order valence-corrected chi connectivity index (χ4v) is 1.65. The molecule has 79 valence electrons. The van der Waals surface area contributed by atoms with E-state index in [9.17, 15) is 0 Å². The molecule has 0 rings (SSSR count). The van der Waals surface area contributed by atoms with E-state index in [1.165, 1.54) is 32.1 Å². The lowest BCUT2D eigenvalue weighted by Gasteiger charge is -2.18. The second-order valence-corrected chi connectivity index (χ2v) is 4.75. The van der Waals surface area contributed by atoms with Crippen LogP contribution in [-0.2, 0) is 0 Å². The summed E-state index contributed by atoms with van der Waals surface area (Å²) in [6, 6.07) is 0. The molecular formula is C13H27. The highest BCUT2D eigenvalue weighted by Crippen LogP contribution is 2.21. The van der Waals surface area contributed by atoms with Gasteiger partial charge in [0.1, 0.15) is 0 Å². The molecule has 0 fully saturated rings. The summed E-state index contributed by atoms with van der Waals surface area (Å²) in [5.74, 6) is 2.45. The van der Waals surface area contributed by atoms with Crippen molar-refractivity contribution in [3.63, 3.8) is 0 Å². The van der Waals surface area contributed by atoms with Crippen LogP contribution in [0.1, 0.15) is 59.8 Å². The summed E-state index contributed by atoms with van der Waals surface area (Å²) in [5.41, 5.74) is 0. The molecule has 0 heterocycles. The molecule has 0 bridgehead atoms. The van der Waals surface area contributed by atoms with Crippen LogP contribution < -0.4 is 0 Å². The number of hydrogen-bond acceptors (Lipinski definition) is 0. The lowest BCUT2D eigenvalue weighted by Crippen LogP contribution is -2.06. The summed E-state index contributed by atoms with van der Waals surface area (Å²) < 4.78 is 0. The Labute approximate surface area is 85.1 Å². The van der Waals surface area contributed by atoms with Gasteiger partial charge in [0.25, 0.3) is 0 Å². The minimum absolute atomic E-state index is 0.638. The van der Waals surface area contributed by atoms with Gasteiger partial charge in [-0.1, -0.05) is 66.7 Å². The molecule has 0 aromatic carbocycles. The monoisotopic (exact) mass is 183 g/mol. The topological polar surface area (TPSA) is 0 Å². The highest BCUT2D eigenvalue weighted by molar-refractivity contribution is 4.61. The molecule has 0 N–H and O–H groups in total. The van der Waals surface area contributed by atoms with Crippen LogP contribution in [-0.4, -0.2) is 0 Å². The van der Waals surface area contributed by atoms with Crippen molar-refractivity contribution >= 4 is 0 Å².